The summed E-state index contributed by atoms with van der Waals surface area (Å²) >= 11 is 3.24. The molecule has 2 heterocycles. The molecule has 0 unspecified atom stereocenters. The number of fused-ring (bicyclic) bond motifs is 1. The van der Waals surface area contributed by atoms with Crippen LogP contribution in [0, 0.1) is 13.8 Å². The second-order valence-corrected chi connectivity index (χ2v) is 8.12. The van der Waals surface area contributed by atoms with Crippen LogP contribution < -0.4 is 0 Å². The molecule has 2 aromatic rings. The van der Waals surface area contributed by atoms with Gasteiger partial charge in [0.05, 0.1) is 18.0 Å². The summed E-state index contributed by atoms with van der Waals surface area (Å²) in [6.45, 7) is 5.45. The minimum absolute atomic E-state index is 0.156. The molecule has 0 N–H and O–H groups in total. The van der Waals surface area contributed by atoms with Crippen molar-refractivity contribution in [1.29, 1.82) is 0 Å². The minimum Gasteiger partial charge on any atom is -0.383 e. The van der Waals surface area contributed by atoms with Crippen LogP contribution in [0.4, 0.5) is 5.69 Å². The molecule has 0 aliphatic carbocycles. The summed E-state index contributed by atoms with van der Waals surface area (Å²) in [5.74, 6) is 1.49. The third-order valence-electron chi connectivity index (χ3n) is 4.27. The summed E-state index contributed by atoms with van der Waals surface area (Å²) < 4.78 is 8.27. The van der Waals surface area contributed by atoms with E-state index in [0.29, 0.717) is 12.4 Å². The highest BCUT2D eigenvalue weighted by molar-refractivity contribution is 8.38. The van der Waals surface area contributed by atoms with Gasteiger partial charge in [-0.1, -0.05) is 41.7 Å². The van der Waals surface area contributed by atoms with Gasteiger partial charge in [0.25, 0.3) is 0 Å². The summed E-state index contributed by atoms with van der Waals surface area (Å²) in [7, 11) is 1.69. The van der Waals surface area contributed by atoms with Crippen molar-refractivity contribution in [2.24, 2.45) is 4.99 Å². The van der Waals surface area contributed by atoms with Crippen molar-refractivity contribution in [2.75, 3.05) is 19.5 Å². The molecule has 0 amide bonds. The van der Waals surface area contributed by atoms with Gasteiger partial charge in [0, 0.05) is 36.4 Å². The van der Waals surface area contributed by atoms with E-state index in [4.69, 9.17) is 4.74 Å². The minimum atomic E-state index is 0.156. The Hall–Kier alpha value is -1.50. The average molecular weight is 375 g/mol. The summed E-state index contributed by atoms with van der Waals surface area (Å²) in [4.78, 5) is 17.3. The van der Waals surface area contributed by atoms with Gasteiger partial charge in [0.2, 0.25) is 0 Å². The summed E-state index contributed by atoms with van der Waals surface area (Å²) in [6.07, 6.45) is 0. The molecule has 1 aromatic heterocycles. The Morgan fingerprint density at radius 3 is 2.96 bits per heavy atom. The van der Waals surface area contributed by atoms with E-state index < -0.39 is 0 Å². The molecule has 3 rings (SSSR count). The highest BCUT2D eigenvalue weighted by atomic mass is 32.2. The third kappa shape index (κ3) is 4.19. The van der Waals surface area contributed by atoms with Crippen molar-refractivity contribution in [1.82, 2.24) is 4.57 Å². The van der Waals surface area contributed by atoms with Gasteiger partial charge in [0.1, 0.15) is 4.38 Å². The molecule has 1 aromatic carbocycles. The third-order valence-corrected chi connectivity index (χ3v) is 6.52. The van der Waals surface area contributed by atoms with Gasteiger partial charge in [-0.2, -0.15) is 0 Å². The number of aryl methyl sites for hydroxylation is 1. The lowest BCUT2D eigenvalue weighted by atomic mass is 10.2. The van der Waals surface area contributed by atoms with Crippen LogP contribution >= 0.6 is 23.5 Å². The zero-order chi connectivity index (χ0) is 17.8. The fraction of sp³-hybridized carbons (Fsp3) is 0.368. The first-order valence-corrected chi connectivity index (χ1v) is 10.2. The topological polar surface area (TPSA) is 43.6 Å². The molecule has 6 heteroatoms. The highest BCUT2D eigenvalue weighted by Gasteiger charge is 2.18. The monoisotopic (exact) mass is 374 g/mol. The predicted molar refractivity (Wildman–Crippen MR) is 107 cm³/mol. The van der Waals surface area contributed by atoms with Crippen LogP contribution in [0.3, 0.4) is 0 Å². The summed E-state index contributed by atoms with van der Waals surface area (Å²) in [6, 6.07) is 10.2. The Labute approximate surface area is 157 Å². The zero-order valence-corrected chi connectivity index (χ0v) is 16.4. The molecule has 4 nitrogen and oxygen atoms in total. The lowest BCUT2D eigenvalue weighted by molar-refractivity contribution is 0.102. The number of Topliss-reactive ketones (excluding diaryl/α,β-unsaturated/α-hetero) is 1. The number of carbonyl (C=O) groups is 1. The van der Waals surface area contributed by atoms with E-state index in [1.807, 2.05) is 38.1 Å². The number of aliphatic imine (C=N–C) groups is 1. The Kier molecular flexibility index (Phi) is 6.04. The largest absolute Gasteiger partial charge is 0.383 e. The smallest absolute Gasteiger partial charge is 0.174 e. The maximum atomic E-state index is 12.7. The van der Waals surface area contributed by atoms with E-state index in [2.05, 4.69) is 15.6 Å². The van der Waals surface area contributed by atoms with Gasteiger partial charge in [0.15, 0.2) is 5.78 Å². The van der Waals surface area contributed by atoms with Crippen molar-refractivity contribution < 1.29 is 9.53 Å². The molecule has 0 saturated heterocycles. The molecule has 0 spiro atoms. The first-order chi connectivity index (χ1) is 12.1. The van der Waals surface area contributed by atoms with Gasteiger partial charge in [-0.05, 0) is 31.5 Å². The molecule has 0 radical (unpaired) electrons. The van der Waals surface area contributed by atoms with Gasteiger partial charge in [-0.15, -0.1) is 0 Å². The maximum Gasteiger partial charge on any atom is 0.174 e. The number of methoxy groups -OCH3 is 1. The summed E-state index contributed by atoms with van der Waals surface area (Å²) in [5.41, 5.74) is 5.20. The number of aromatic nitrogens is 1. The Morgan fingerprint density at radius 2 is 2.16 bits per heavy atom. The van der Waals surface area contributed by atoms with Crippen LogP contribution in [0.25, 0.3) is 0 Å². The van der Waals surface area contributed by atoms with Crippen LogP contribution in [-0.2, 0) is 17.0 Å². The zero-order valence-electron chi connectivity index (χ0n) is 14.7. The van der Waals surface area contributed by atoms with Gasteiger partial charge < -0.3 is 9.30 Å². The van der Waals surface area contributed by atoms with Crippen molar-refractivity contribution in [3.63, 3.8) is 0 Å². The molecule has 0 saturated carbocycles. The molecule has 132 valence electrons. The fourth-order valence-electron chi connectivity index (χ4n) is 2.90. The number of ether oxygens (including phenoxy) is 1. The molecular formula is C19H22N2O2S2. The number of hydrogen-bond donors (Lipinski definition) is 0. The number of para-hydroxylation sites is 1. The first kappa shape index (κ1) is 18.3. The Bertz CT molecular complexity index is 812. The number of nitrogens with zero attached hydrogens (tertiary/aromatic N) is 2. The van der Waals surface area contributed by atoms with Gasteiger partial charge in [-0.3, -0.25) is 4.79 Å². The number of hydrogen-bond acceptors (Lipinski definition) is 5. The van der Waals surface area contributed by atoms with E-state index in [-0.39, 0.29) is 5.78 Å². The average Bonchev–Trinajstić information content (AvgIpc) is 2.92. The molecule has 0 fully saturated rings. The van der Waals surface area contributed by atoms with Crippen LogP contribution in [0.2, 0.25) is 0 Å². The molecule has 25 heavy (non-hydrogen) atoms. The Balaban J connectivity index is 1.67. The number of ketones is 1. The molecule has 0 atom stereocenters. The first-order valence-electron chi connectivity index (χ1n) is 8.21. The summed E-state index contributed by atoms with van der Waals surface area (Å²) in [5, 5.41) is 0. The van der Waals surface area contributed by atoms with Crippen molar-refractivity contribution in [3.05, 3.63) is 52.8 Å². The van der Waals surface area contributed by atoms with Crippen molar-refractivity contribution in [3.8, 4) is 0 Å². The maximum absolute atomic E-state index is 12.7. The highest BCUT2D eigenvalue weighted by Crippen LogP contribution is 2.34. The quantitative estimate of drug-likeness (QED) is 0.693. The van der Waals surface area contributed by atoms with Gasteiger partial charge >= 0.3 is 0 Å². The van der Waals surface area contributed by atoms with Crippen LogP contribution in [0.5, 0.6) is 0 Å². The van der Waals surface area contributed by atoms with Gasteiger partial charge in [-0.25, -0.2) is 4.99 Å². The lowest BCUT2D eigenvalue weighted by Crippen LogP contribution is -2.10. The second-order valence-electron chi connectivity index (χ2n) is 5.94. The fourth-order valence-corrected chi connectivity index (χ4v) is 4.85. The second kappa shape index (κ2) is 8.25. The SMILES string of the molecule is COCCn1c(C)cc(C(=O)CSC2=Nc3ccccc3CS2)c1C. The van der Waals surface area contributed by atoms with E-state index in [1.54, 1.807) is 18.9 Å². The number of rotatable bonds is 6. The lowest BCUT2D eigenvalue weighted by Gasteiger charge is -2.14. The normalized spacial score (nSPS) is 13.5. The molecule has 1 aliphatic heterocycles. The number of carbonyl (C=O) groups excluding carboxylic acids is 1. The molecule has 0 bridgehead atoms. The van der Waals surface area contributed by atoms with Crippen LogP contribution in [0.1, 0.15) is 27.3 Å². The van der Waals surface area contributed by atoms with E-state index >= 15 is 0 Å². The van der Waals surface area contributed by atoms with E-state index in [0.717, 1.165) is 39.3 Å². The predicted octanol–water partition coefficient (Wildman–Crippen LogP) is 4.60. The van der Waals surface area contributed by atoms with Crippen LogP contribution in [0.15, 0.2) is 35.3 Å². The Morgan fingerprint density at radius 1 is 1.36 bits per heavy atom. The molecular weight excluding hydrogens is 352 g/mol. The number of thioether (sulfide) groups is 2. The van der Waals surface area contributed by atoms with E-state index in [1.165, 1.54) is 17.3 Å². The van der Waals surface area contributed by atoms with Crippen LogP contribution in [-0.4, -0.2) is 34.2 Å². The van der Waals surface area contributed by atoms with E-state index in [9.17, 15) is 4.79 Å². The van der Waals surface area contributed by atoms with Crippen molar-refractivity contribution >= 4 is 39.4 Å². The standard InChI is InChI=1S/C19H22N2O2S2/c1-13-10-16(14(2)21(13)8-9-23-3)18(22)12-25-19-20-17-7-5-4-6-15(17)11-24-19/h4-7,10H,8-9,11-12H2,1-3H3. The molecule has 1 aliphatic rings. The van der Waals surface area contributed by atoms with Crippen molar-refractivity contribution in [2.45, 2.75) is 26.1 Å². The number of benzene rings is 1.